The van der Waals surface area contributed by atoms with E-state index in [-0.39, 0.29) is 0 Å². The van der Waals surface area contributed by atoms with Crippen molar-refractivity contribution in [1.29, 1.82) is 0 Å². The Bertz CT molecular complexity index is 821. The maximum Gasteiger partial charge on any atom is 0.277 e. The monoisotopic (exact) mass is 343 g/mol. The predicted octanol–water partition coefficient (Wildman–Crippen LogP) is 4.72. The number of aromatic nitrogens is 1. The van der Waals surface area contributed by atoms with Crippen LogP contribution in [0.3, 0.4) is 0 Å². The van der Waals surface area contributed by atoms with Gasteiger partial charge in [-0.15, -0.1) is 0 Å². The molecule has 2 heterocycles. The van der Waals surface area contributed by atoms with E-state index in [1.165, 1.54) is 6.07 Å². The molecule has 0 aliphatic carbocycles. The minimum absolute atomic E-state index is 0.452. The summed E-state index contributed by atoms with van der Waals surface area (Å²) >= 11 is 1.65. The van der Waals surface area contributed by atoms with Gasteiger partial charge in [0, 0.05) is 36.9 Å². The summed E-state index contributed by atoms with van der Waals surface area (Å²) in [6.07, 6.45) is 5.98. The van der Waals surface area contributed by atoms with E-state index < -0.39 is 6.01 Å². The number of hydrogen-bond donors (Lipinski definition) is 1. The maximum absolute atomic E-state index is 12.8. The van der Waals surface area contributed by atoms with Crippen molar-refractivity contribution in [2.24, 2.45) is 0 Å². The van der Waals surface area contributed by atoms with Crippen LogP contribution in [0.5, 0.6) is 0 Å². The number of nitrogens with one attached hydrogen (secondary N) is 1. The molecule has 1 N–H and O–H groups in total. The van der Waals surface area contributed by atoms with Crippen LogP contribution in [0.25, 0.3) is 12.2 Å². The minimum atomic E-state index is -0.562. The first-order chi connectivity index (χ1) is 11.6. The Labute approximate surface area is 144 Å². The highest BCUT2D eigenvalue weighted by molar-refractivity contribution is 7.16. The number of nitrogens with zero attached hydrogens (tertiary/aromatic N) is 2. The van der Waals surface area contributed by atoms with Gasteiger partial charge in [-0.25, -0.2) is 4.98 Å². The Morgan fingerprint density at radius 2 is 1.96 bits per heavy atom. The molecule has 24 heavy (non-hydrogen) atoms. The number of rotatable bonds is 6. The normalized spacial score (nSPS) is 11.1. The van der Waals surface area contributed by atoms with Crippen LogP contribution in [0.1, 0.15) is 16.2 Å². The Kier molecular flexibility index (Phi) is 4.96. The lowest BCUT2D eigenvalue weighted by Gasteiger charge is -2.05. The largest absolute Gasteiger partial charge is 0.434 e. The molecule has 124 valence electrons. The molecule has 3 aromatic rings. The average molecular weight is 343 g/mol. The third-order valence-electron chi connectivity index (χ3n) is 3.34. The zero-order chi connectivity index (χ0) is 16.9. The highest BCUT2D eigenvalue weighted by Gasteiger charge is 2.02. The summed E-state index contributed by atoms with van der Waals surface area (Å²) in [4.78, 5) is 7.45. The quantitative estimate of drug-likeness (QED) is 0.703. The van der Waals surface area contributed by atoms with Crippen molar-refractivity contribution in [2.45, 2.75) is 6.54 Å². The third kappa shape index (κ3) is 4.23. The van der Waals surface area contributed by atoms with E-state index in [1.807, 2.05) is 49.5 Å². The predicted molar refractivity (Wildman–Crippen MR) is 97.8 cm³/mol. The highest BCUT2D eigenvalue weighted by atomic mass is 32.1. The van der Waals surface area contributed by atoms with Gasteiger partial charge in [-0.05, 0) is 29.8 Å². The van der Waals surface area contributed by atoms with Gasteiger partial charge in [0.1, 0.15) is 5.76 Å². The van der Waals surface area contributed by atoms with Crippen molar-refractivity contribution in [1.82, 2.24) is 4.98 Å². The first-order valence-corrected chi connectivity index (χ1v) is 8.31. The van der Waals surface area contributed by atoms with E-state index in [0.717, 1.165) is 21.3 Å². The van der Waals surface area contributed by atoms with E-state index in [9.17, 15) is 4.39 Å². The molecule has 0 fully saturated rings. The Balaban J connectivity index is 1.58. The summed E-state index contributed by atoms with van der Waals surface area (Å²) < 4.78 is 17.7. The second-order valence-corrected chi connectivity index (χ2v) is 6.50. The number of halogens is 1. The molecular formula is C18H18FN3OS. The Morgan fingerprint density at radius 3 is 2.58 bits per heavy atom. The first-order valence-electron chi connectivity index (χ1n) is 7.49. The van der Waals surface area contributed by atoms with Gasteiger partial charge in [-0.3, -0.25) is 0 Å². The van der Waals surface area contributed by atoms with Crippen LogP contribution in [-0.4, -0.2) is 19.1 Å². The van der Waals surface area contributed by atoms with Gasteiger partial charge in [-0.2, -0.15) is 4.39 Å². The lowest BCUT2D eigenvalue weighted by atomic mass is 10.2. The molecule has 6 heteroatoms. The van der Waals surface area contributed by atoms with E-state index in [1.54, 1.807) is 17.4 Å². The molecule has 0 aliphatic rings. The highest BCUT2D eigenvalue weighted by Crippen LogP contribution is 2.22. The van der Waals surface area contributed by atoms with Crippen molar-refractivity contribution >= 4 is 34.3 Å². The van der Waals surface area contributed by atoms with Gasteiger partial charge in [0.05, 0.1) is 6.54 Å². The van der Waals surface area contributed by atoms with Gasteiger partial charge >= 0.3 is 0 Å². The minimum Gasteiger partial charge on any atom is -0.434 e. The van der Waals surface area contributed by atoms with Crippen molar-refractivity contribution in [2.75, 3.05) is 24.3 Å². The molecule has 2 aromatic heterocycles. The topological polar surface area (TPSA) is 41.3 Å². The summed E-state index contributed by atoms with van der Waals surface area (Å²) in [5.74, 6) is 0.568. The smallest absolute Gasteiger partial charge is 0.277 e. The Hall–Kier alpha value is -2.60. The van der Waals surface area contributed by atoms with Crippen LogP contribution in [0.2, 0.25) is 0 Å². The standard InChI is InChI=1S/C18H18FN3OS/c1-22(2)18-21-12-16(24-18)9-5-13-3-6-14(7-4-13)20-11-15-8-10-17(19)23-15/h3-10,12,20H,11H2,1-2H3/b9-5+. The van der Waals surface area contributed by atoms with Crippen molar-refractivity contribution in [3.05, 3.63) is 64.8 Å². The zero-order valence-corrected chi connectivity index (χ0v) is 14.3. The molecule has 0 aliphatic heterocycles. The second-order valence-electron chi connectivity index (χ2n) is 5.45. The van der Waals surface area contributed by atoms with Crippen LogP contribution >= 0.6 is 11.3 Å². The molecule has 0 saturated heterocycles. The van der Waals surface area contributed by atoms with Gasteiger partial charge in [0.2, 0.25) is 0 Å². The molecule has 0 saturated carbocycles. The molecule has 1 aromatic carbocycles. The number of benzene rings is 1. The van der Waals surface area contributed by atoms with E-state index in [4.69, 9.17) is 4.42 Å². The van der Waals surface area contributed by atoms with E-state index in [0.29, 0.717) is 12.3 Å². The Morgan fingerprint density at radius 1 is 1.17 bits per heavy atom. The fourth-order valence-corrected chi connectivity index (χ4v) is 2.83. The molecule has 4 nitrogen and oxygen atoms in total. The molecular weight excluding hydrogens is 325 g/mol. The number of anilines is 2. The summed E-state index contributed by atoms with van der Waals surface area (Å²) in [5.41, 5.74) is 2.06. The van der Waals surface area contributed by atoms with E-state index >= 15 is 0 Å². The summed E-state index contributed by atoms with van der Waals surface area (Å²) in [7, 11) is 3.96. The first kappa shape index (κ1) is 16.3. The molecule has 0 unspecified atom stereocenters. The van der Waals surface area contributed by atoms with Crippen LogP contribution < -0.4 is 10.2 Å². The number of thiazole rings is 1. The van der Waals surface area contributed by atoms with Crippen molar-refractivity contribution in [3.63, 3.8) is 0 Å². The lowest BCUT2D eigenvalue weighted by Crippen LogP contribution is -2.07. The van der Waals surface area contributed by atoms with E-state index in [2.05, 4.69) is 22.5 Å². The van der Waals surface area contributed by atoms with Crippen LogP contribution in [0.4, 0.5) is 15.2 Å². The third-order valence-corrected chi connectivity index (χ3v) is 4.47. The van der Waals surface area contributed by atoms with Gasteiger partial charge in [0.25, 0.3) is 6.01 Å². The van der Waals surface area contributed by atoms with Crippen LogP contribution in [-0.2, 0) is 6.54 Å². The van der Waals surface area contributed by atoms with Crippen LogP contribution in [0.15, 0.2) is 47.0 Å². The van der Waals surface area contributed by atoms with Gasteiger partial charge < -0.3 is 14.6 Å². The molecule has 0 atom stereocenters. The van der Waals surface area contributed by atoms with Gasteiger partial charge in [-0.1, -0.05) is 29.5 Å². The fourth-order valence-electron chi connectivity index (χ4n) is 2.09. The number of hydrogen-bond acceptors (Lipinski definition) is 5. The summed E-state index contributed by atoms with van der Waals surface area (Å²) in [5, 5.41) is 4.18. The fraction of sp³-hybridized carbons (Fsp3) is 0.167. The SMILES string of the molecule is CN(C)c1ncc(/C=C/c2ccc(NCc3ccc(F)o3)cc2)s1. The van der Waals surface area contributed by atoms with Crippen molar-refractivity contribution < 1.29 is 8.81 Å². The molecule has 0 bridgehead atoms. The maximum atomic E-state index is 12.8. The molecule has 0 radical (unpaired) electrons. The molecule has 3 rings (SSSR count). The molecule has 0 spiro atoms. The number of furan rings is 1. The zero-order valence-electron chi connectivity index (χ0n) is 13.5. The van der Waals surface area contributed by atoms with Crippen molar-refractivity contribution in [3.8, 4) is 0 Å². The summed E-state index contributed by atoms with van der Waals surface area (Å²) in [6, 6.07) is 10.4. The van der Waals surface area contributed by atoms with Crippen LogP contribution in [0, 0.1) is 6.01 Å². The lowest BCUT2D eigenvalue weighted by molar-refractivity contribution is 0.340. The molecule has 0 amide bonds. The van der Waals surface area contributed by atoms with Gasteiger partial charge in [0.15, 0.2) is 5.13 Å². The second kappa shape index (κ2) is 7.31. The summed E-state index contributed by atoms with van der Waals surface area (Å²) in [6.45, 7) is 0.452. The average Bonchev–Trinajstić information content (AvgIpc) is 3.21.